The van der Waals surface area contributed by atoms with Crippen molar-refractivity contribution in [2.45, 2.75) is 51.1 Å². The second kappa shape index (κ2) is 9.29. The van der Waals surface area contributed by atoms with Crippen molar-refractivity contribution in [2.24, 2.45) is 5.92 Å². The van der Waals surface area contributed by atoms with Gasteiger partial charge >= 0.3 is 0 Å². The first-order chi connectivity index (χ1) is 14.5. The van der Waals surface area contributed by atoms with Gasteiger partial charge in [-0.15, -0.1) is 0 Å². The van der Waals surface area contributed by atoms with Crippen LogP contribution in [-0.4, -0.2) is 28.7 Å². The van der Waals surface area contributed by atoms with Gasteiger partial charge in [0.2, 0.25) is 11.8 Å². The monoisotopic (exact) mass is 516 g/mol. The molecule has 156 valence electrons. The molecule has 5 nitrogen and oxygen atoms in total. The molecule has 0 spiro atoms. The second-order valence-corrected chi connectivity index (χ2v) is 9.30. The van der Waals surface area contributed by atoms with E-state index in [1.165, 1.54) is 4.90 Å². The zero-order valence-corrected chi connectivity index (χ0v) is 19.0. The Labute approximate surface area is 190 Å². The molecule has 2 aromatic rings. The molecule has 30 heavy (non-hydrogen) atoms. The highest BCUT2D eigenvalue weighted by atomic mass is 127. The molecule has 4 rings (SSSR count). The third-order valence-corrected chi connectivity index (χ3v) is 6.74. The van der Waals surface area contributed by atoms with E-state index in [1.807, 2.05) is 42.5 Å². The van der Waals surface area contributed by atoms with Crippen molar-refractivity contribution in [3.8, 4) is 0 Å². The van der Waals surface area contributed by atoms with E-state index in [9.17, 15) is 14.4 Å². The summed E-state index contributed by atoms with van der Waals surface area (Å²) in [6.45, 7) is 0.348. The Kier molecular flexibility index (Phi) is 6.51. The van der Waals surface area contributed by atoms with Crippen LogP contribution in [0.4, 0.5) is 5.69 Å². The average Bonchev–Trinajstić information content (AvgIpc) is 3.07. The van der Waals surface area contributed by atoms with E-state index in [2.05, 4.69) is 22.6 Å². The maximum absolute atomic E-state index is 13.5. The zero-order valence-electron chi connectivity index (χ0n) is 16.8. The van der Waals surface area contributed by atoms with E-state index in [0.717, 1.165) is 41.2 Å². The van der Waals surface area contributed by atoms with Crippen molar-refractivity contribution in [3.63, 3.8) is 0 Å². The highest BCUT2D eigenvalue weighted by Crippen LogP contribution is 2.31. The van der Waals surface area contributed by atoms with Crippen LogP contribution in [0, 0.1) is 9.49 Å². The van der Waals surface area contributed by atoms with Crippen LogP contribution in [0.25, 0.3) is 0 Å². The van der Waals surface area contributed by atoms with Gasteiger partial charge in [0.05, 0.1) is 12.1 Å². The summed E-state index contributed by atoms with van der Waals surface area (Å²) in [6.07, 6.45) is 5.00. The third-order valence-electron chi connectivity index (χ3n) is 6.02. The molecular formula is C24H25IN2O3. The molecule has 1 heterocycles. The minimum atomic E-state index is -0.744. The molecule has 1 aliphatic carbocycles. The van der Waals surface area contributed by atoms with Crippen LogP contribution < -0.4 is 4.90 Å². The summed E-state index contributed by atoms with van der Waals surface area (Å²) in [5, 5.41) is 0. The van der Waals surface area contributed by atoms with Crippen molar-refractivity contribution < 1.29 is 14.4 Å². The highest BCUT2D eigenvalue weighted by molar-refractivity contribution is 14.1. The molecular weight excluding hydrogens is 491 g/mol. The number of hydrogen-bond acceptors (Lipinski definition) is 3. The Morgan fingerprint density at radius 2 is 1.63 bits per heavy atom. The number of amides is 3. The number of hydrogen-bond donors (Lipinski definition) is 0. The fraction of sp³-hybridized carbons (Fsp3) is 0.375. The number of benzene rings is 2. The van der Waals surface area contributed by atoms with Gasteiger partial charge in [-0.05, 0) is 65.3 Å². The zero-order chi connectivity index (χ0) is 21.1. The maximum Gasteiger partial charge on any atom is 0.257 e. The SMILES string of the molecule is O=C1CC(N(Cc2ccccc2)C(=O)C2CCCCC2)C(=O)N1c1ccc(I)cc1. The molecule has 0 aromatic heterocycles. The van der Waals surface area contributed by atoms with Crippen molar-refractivity contribution in [3.05, 3.63) is 63.7 Å². The molecule has 1 unspecified atom stereocenters. The summed E-state index contributed by atoms with van der Waals surface area (Å²) >= 11 is 2.19. The summed E-state index contributed by atoms with van der Waals surface area (Å²) in [6, 6.07) is 16.3. The van der Waals surface area contributed by atoms with Gasteiger partial charge in [0.1, 0.15) is 6.04 Å². The fourth-order valence-electron chi connectivity index (χ4n) is 4.43. The second-order valence-electron chi connectivity index (χ2n) is 8.05. The molecule has 2 fully saturated rings. The Hall–Kier alpha value is -2.22. The smallest absolute Gasteiger partial charge is 0.257 e. The van der Waals surface area contributed by atoms with Crippen molar-refractivity contribution in [1.82, 2.24) is 4.90 Å². The number of nitrogens with zero attached hydrogens (tertiary/aromatic N) is 2. The number of halogens is 1. The number of carbonyl (C=O) groups excluding carboxylic acids is 3. The van der Waals surface area contributed by atoms with E-state index in [0.29, 0.717) is 12.2 Å². The molecule has 0 radical (unpaired) electrons. The van der Waals surface area contributed by atoms with Crippen LogP contribution >= 0.6 is 22.6 Å². The normalized spacial score (nSPS) is 19.9. The van der Waals surface area contributed by atoms with E-state index >= 15 is 0 Å². The van der Waals surface area contributed by atoms with Crippen LogP contribution in [0.5, 0.6) is 0 Å². The predicted octanol–water partition coefficient (Wildman–Crippen LogP) is 4.53. The largest absolute Gasteiger partial charge is 0.326 e. The lowest BCUT2D eigenvalue weighted by atomic mass is 9.87. The number of rotatable bonds is 5. The molecule has 3 amide bonds. The fourth-order valence-corrected chi connectivity index (χ4v) is 4.79. The molecule has 2 aromatic carbocycles. The van der Waals surface area contributed by atoms with E-state index in [1.54, 1.807) is 17.0 Å². The van der Waals surface area contributed by atoms with E-state index < -0.39 is 6.04 Å². The van der Waals surface area contributed by atoms with Gasteiger partial charge in [0, 0.05) is 16.0 Å². The quantitative estimate of drug-likeness (QED) is 0.434. The predicted molar refractivity (Wildman–Crippen MR) is 124 cm³/mol. The molecule has 0 N–H and O–H groups in total. The van der Waals surface area contributed by atoms with Gasteiger partial charge in [0.15, 0.2) is 0 Å². The minimum Gasteiger partial charge on any atom is -0.326 e. The van der Waals surface area contributed by atoms with Gasteiger partial charge in [-0.25, -0.2) is 4.90 Å². The first kappa shape index (κ1) is 21.0. The molecule has 1 aliphatic heterocycles. The number of carbonyl (C=O) groups is 3. The van der Waals surface area contributed by atoms with Crippen LogP contribution in [0.3, 0.4) is 0 Å². The van der Waals surface area contributed by atoms with Crippen LogP contribution in [0.15, 0.2) is 54.6 Å². The molecule has 1 atom stereocenters. The van der Waals surface area contributed by atoms with Crippen LogP contribution in [-0.2, 0) is 20.9 Å². The lowest BCUT2D eigenvalue weighted by molar-refractivity contribution is -0.143. The Morgan fingerprint density at radius 3 is 2.30 bits per heavy atom. The molecule has 0 bridgehead atoms. The highest BCUT2D eigenvalue weighted by Gasteiger charge is 2.45. The Bertz CT molecular complexity index is 923. The lowest BCUT2D eigenvalue weighted by Crippen LogP contribution is -2.47. The number of anilines is 1. The van der Waals surface area contributed by atoms with Gasteiger partial charge in [-0.3, -0.25) is 14.4 Å². The van der Waals surface area contributed by atoms with E-state index in [4.69, 9.17) is 0 Å². The van der Waals surface area contributed by atoms with Crippen LogP contribution in [0.2, 0.25) is 0 Å². The Morgan fingerprint density at radius 1 is 0.967 bits per heavy atom. The topological polar surface area (TPSA) is 57.7 Å². The van der Waals surface area contributed by atoms with Crippen molar-refractivity contribution in [1.29, 1.82) is 0 Å². The molecule has 2 aliphatic rings. The van der Waals surface area contributed by atoms with Gasteiger partial charge in [-0.1, -0.05) is 49.6 Å². The van der Waals surface area contributed by atoms with Crippen LogP contribution in [0.1, 0.15) is 44.1 Å². The summed E-state index contributed by atoms with van der Waals surface area (Å²) in [7, 11) is 0. The third kappa shape index (κ3) is 4.43. The first-order valence-electron chi connectivity index (χ1n) is 10.5. The summed E-state index contributed by atoms with van der Waals surface area (Å²) in [5.41, 5.74) is 1.53. The van der Waals surface area contributed by atoms with Gasteiger partial charge < -0.3 is 4.90 Å². The Balaban J connectivity index is 1.62. The molecule has 1 saturated heterocycles. The standard InChI is InChI=1S/C24H25IN2O3/c25-19-11-13-20(14-12-19)27-22(28)15-21(24(27)30)26(16-17-7-3-1-4-8-17)23(29)18-9-5-2-6-10-18/h1,3-4,7-8,11-14,18,21H,2,5-6,9-10,15-16H2. The minimum absolute atomic E-state index is 0.00848. The number of imide groups is 1. The summed E-state index contributed by atoms with van der Waals surface area (Å²) < 4.78 is 1.03. The van der Waals surface area contributed by atoms with Crippen molar-refractivity contribution >= 4 is 46.0 Å². The van der Waals surface area contributed by atoms with Crippen molar-refractivity contribution in [2.75, 3.05) is 4.90 Å². The van der Waals surface area contributed by atoms with Gasteiger partial charge in [-0.2, -0.15) is 0 Å². The first-order valence-corrected chi connectivity index (χ1v) is 11.6. The molecule has 1 saturated carbocycles. The maximum atomic E-state index is 13.5. The average molecular weight is 516 g/mol. The lowest BCUT2D eigenvalue weighted by Gasteiger charge is -2.32. The molecule has 6 heteroatoms. The van der Waals surface area contributed by atoms with Gasteiger partial charge in [0.25, 0.3) is 5.91 Å². The summed E-state index contributed by atoms with van der Waals surface area (Å²) in [5.74, 6) is -0.603. The van der Waals surface area contributed by atoms with E-state index in [-0.39, 0.29) is 30.1 Å². The summed E-state index contributed by atoms with van der Waals surface area (Å²) in [4.78, 5) is 42.5.